The van der Waals surface area contributed by atoms with Gasteiger partial charge in [-0.05, 0) is 36.4 Å². The molecule has 4 nitrogen and oxygen atoms in total. The molecule has 0 unspecified atom stereocenters. The number of nitrogens with one attached hydrogen (secondary N) is 1. The van der Waals surface area contributed by atoms with Crippen molar-refractivity contribution in [2.45, 2.75) is 0 Å². The van der Waals surface area contributed by atoms with Crippen molar-refractivity contribution >= 4 is 28.9 Å². The second kappa shape index (κ2) is 8.48. The van der Waals surface area contributed by atoms with Crippen LogP contribution in [0.3, 0.4) is 0 Å². The Kier molecular flexibility index (Phi) is 5.63. The van der Waals surface area contributed by atoms with Crippen LogP contribution in [0.5, 0.6) is 0 Å². The Bertz CT molecular complexity index is 937. The first kappa shape index (κ1) is 17.9. The molecule has 0 saturated heterocycles. The van der Waals surface area contributed by atoms with Gasteiger partial charge in [0.2, 0.25) is 0 Å². The number of nitrogens with zero attached hydrogens (tertiary/aromatic N) is 1. The Morgan fingerprint density at radius 1 is 0.741 bits per heavy atom. The fraction of sp³-hybridized carbons (Fsp3) is 0. The monoisotopic (exact) mass is 354 g/mol. The molecule has 0 heterocycles. The van der Waals surface area contributed by atoms with Crippen molar-refractivity contribution in [3.8, 4) is 0 Å². The van der Waals surface area contributed by atoms with E-state index in [1.54, 1.807) is 48.5 Å². The summed E-state index contributed by atoms with van der Waals surface area (Å²) in [6.07, 6.45) is 0. The third-order valence-corrected chi connectivity index (χ3v) is 3.88. The van der Waals surface area contributed by atoms with Gasteiger partial charge < -0.3 is 5.32 Å². The van der Waals surface area contributed by atoms with E-state index in [-0.39, 0.29) is 5.57 Å². The zero-order valence-electron chi connectivity index (χ0n) is 14.6. The first-order chi connectivity index (χ1) is 13.2. The minimum absolute atomic E-state index is 0.161. The molecule has 0 bridgehead atoms. The molecule has 4 heteroatoms. The molecule has 2 amide bonds. The molecule has 0 radical (unpaired) electrons. The number of rotatable bonds is 5. The average Bonchev–Trinajstić information content (AvgIpc) is 2.71. The van der Waals surface area contributed by atoms with Gasteiger partial charge in [0, 0.05) is 17.1 Å². The summed E-state index contributed by atoms with van der Waals surface area (Å²) in [6, 6.07) is 27.2. The molecule has 0 spiro atoms. The molecule has 0 atom stereocenters. The molecule has 27 heavy (non-hydrogen) atoms. The molecule has 0 saturated carbocycles. The van der Waals surface area contributed by atoms with Crippen molar-refractivity contribution in [3.05, 3.63) is 109 Å². The first-order valence-electron chi connectivity index (χ1n) is 8.41. The smallest absolute Gasteiger partial charge is 0.276 e. The Labute approximate surface area is 158 Å². The van der Waals surface area contributed by atoms with Crippen LogP contribution in [0.2, 0.25) is 0 Å². The number of benzene rings is 3. The lowest BCUT2D eigenvalue weighted by Crippen LogP contribution is -2.32. The summed E-state index contributed by atoms with van der Waals surface area (Å²) in [5.41, 5.74) is 4.23. The van der Waals surface area contributed by atoms with Gasteiger partial charge in [0.25, 0.3) is 11.8 Å². The van der Waals surface area contributed by atoms with E-state index in [1.807, 2.05) is 42.5 Å². The van der Waals surface area contributed by atoms with E-state index in [4.69, 9.17) is 0 Å². The van der Waals surface area contributed by atoms with Gasteiger partial charge in [0.05, 0.1) is 0 Å². The highest BCUT2D eigenvalue weighted by molar-refractivity contribution is 6.28. The van der Waals surface area contributed by atoms with Gasteiger partial charge in [-0.1, -0.05) is 61.2 Å². The lowest BCUT2D eigenvalue weighted by atomic mass is 10.1. The molecule has 0 aromatic heterocycles. The Balaban J connectivity index is 1.95. The third-order valence-electron chi connectivity index (χ3n) is 3.88. The molecule has 0 fully saturated rings. The van der Waals surface area contributed by atoms with E-state index >= 15 is 0 Å². The topological polar surface area (TPSA) is 49.4 Å². The van der Waals surface area contributed by atoms with Crippen molar-refractivity contribution in [1.82, 2.24) is 0 Å². The summed E-state index contributed by atoms with van der Waals surface area (Å²) in [7, 11) is 0. The number of amides is 2. The lowest BCUT2D eigenvalue weighted by Gasteiger charge is -2.23. The van der Waals surface area contributed by atoms with Crippen molar-refractivity contribution in [2.75, 3.05) is 10.2 Å². The molecule has 132 valence electrons. The van der Waals surface area contributed by atoms with Gasteiger partial charge in [-0.15, -0.1) is 5.73 Å². The number of carbonyl (C=O) groups is 2. The van der Waals surface area contributed by atoms with Gasteiger partial charge in [0.15, 0.2) is 0 Å². The van der Waals surface area contributed by atoms with Crippen molar-refractivity contribution in [1.29, 1.82) is 0 Å². The van der Waals surface area contributed by atoms with Crippen LogP contribution in [0.4, 0.5) is 17.1 Å². The van der Waals surface area contributed by atoms with Crippen LogP contribution in [-0.2, 0) is 9.59 Å². The van der Waals surface area contributed by atoms with Crippen molar-refractivity contribution < 1.29 is 9.59 Å². The Morgan fingerprint density at radius 3 is 1.63 bits per heavy atom. The minimum atomic E-state index is -0.557. The molecule has 0 aliphatic rings. The summed E-state index contributed by atoms with van der Waals surface area (Å²) in [4.78, 5) is 27.4. The number of para-hydroxylation sites is 3. The highest BCUT2D eigenvalue weighted by atomic mass is 16.2. The minimum Gasteiger partial charge on any atom is -0.321 e. The van der Waals surface area contributed by atoms with E-state index in [2.05, 4.69) is 17.6 Å². The van der Waals surface area contributed by atoms with Crippen LogP contribution in [0, 0.1) is 0 Å². The van der Waals surface area contributed by atoms with E-state index in [1.165, 1.54) is 4.90 Å². The highest BCUT2D eigenvalue weighted by Gasteiger charge is 2.26. The Hall–Kier alpha value is -3.88. The number of carbonyl (C=O) groups excluding carboxylic acids is 2. The van der Waals surface area contributed by atoms with Crippen LogP contribution < -0.4 is 10.2 Å². The maximum atomic E-state index is 13.2. The van der Waals surface area contributed by atoms with Crippen LogP contribution >= 0.6 is 0 Å². The molecule has 0 aliphatic heterocycles. The number of hydrogen-bond acceptors (Lipinski definition) is 2. The largest absolute Gasteiger partial charge is 0.321 e. The van der Waals surface area contributed by atoms with Crippen molar-refractivity contribution in [2.24, 2.45) is 0 Å². The molecule has 3 aromatic rings. The van der Waals surface area contributed by atoms with Gasteiger partial charge >= 0.3 is 0 Å². The second-order valence-electron chi connectivity index (χ2n) is 5.68. The zero-order chi connectivity index (χ0) is 19.1. The standard InChI is InChI=1S/C23H18N2O2/c1-2-21(22(26)24-18-12-6-3-7-13-18)23(27)25(19-14-8-4-9-15-19)20-16-10-5-11-17-20/h3-17H,1H2,(H,24,26). The van der Waals surface area contributed by atoms with Crippen LogP contribution in [0.25, 0.3) is 0 Å². The predicted molar refractivity (Wildman–Crippen MR) is 108 cm³/mol. The van der Waals surface area contributed by atoms with Crippen molar-refractivity contribution in [3.63, 3.8) is 0 Å². The highest BCUT2D eigenvalue weighted by Crippen LogP contribution is 2.27. The van der Waals surface area contributed by atoms with Gasteiger partial charge in [0.1, 0.15) is 5.57 Å². The molecule has 3 rings (SSSR count). The fourth-order valence-electron chi connectivity index (χ4n) is 2.62. The third kappa shape index (κ3) is 4.21. The summed E-state index contributed by atoms with van der Waals surface area (Å²) in [5.74, 6) is -1.06. The SMILES string of the molecule is C=C=C(C(=O)Nc1ccccc1)C(=O)N(c1ccccc1)c1ccccc1. The lowest BCUT2D eigenvalue weighted by molar-refractivity contribution is -0.119. The fourth-order valence-corrected chi connectivity index (χ4v) is 2.62. The summed E-state index contributed by atoms with van der Waals surface area (Å²) in [5, 5.41) is 2.71. The summed E-state index contributed by atoms with van der Waals surface area (Å²) < 4.78 is 0. The predicted octanol–water partition coefficient (Wildman–Crippen LogP) is 4.70. The van der Waals surface area contributed by atoms with Crippen LogP contribution in [0.1, 0.15) is 0 Å². The maximum Gasteiger partial charge on any atom is 0.276 e. The summed E-state index contributed by atoms with van der Waals surface area (Å²) >= 11 is 0. The van der Waals surface area contributed by atoms with Gasteiger partial charge in [-0.3, -0.25) is 14.5 Å². The molecular formula is C23H18N2O2. The molecule has 0 aliphatic carbocycles. The van der Waals surface area contributed by atoms with Crippen LogP contribution in [-0.4, -0.2) is 11.8 Å². The van der Waals surface area contributed by atoms with Gasteiger partial charge in [-0.2, -0.15) is 0 Å². The van der Waals surface area contributed by atoms with E-state index in [0.29, 0.717) is 17.1 Å². The number of anilines is 3. The first-order valence-corrected chi connectivity index (χ1v) is 8.41. The van der Waals surface area contributed by atoms with Gasteiger partial charge in [-0.25, -0.2) is 0 Å². The Morgan fingerprint density at radius 2 is 1.19 bits per heavy atom. The quantitative estimate of drug-likeness (QED) is 0.312. The molecule has 1 N–H and O–H groups in total. The normalized spacial score (nSPS) is 9.78. The maximum absolute atomic E-state index is 13.2. The molecular weight excluding hydrogens is 336 g/mol. The van der Waals surface area contributed by atoms with E-state index in [0.717, 1.165) is 0 Å². The zero-order valence-corrected chi connectivity index (χ0v) is 14.6. The van der Waals surface area contributed by atoms with E-state index in [9.17, 15) is 9.59 Å². The second-order valence-corrected chi connectivity index (χ2v) is 5.68. The molecule has 3 aromatic carbocycles. The van der Waals surface area contributed by atoms with Crippen LogP contribution in [0.15, 0.2) is 109 Å². The number of hydrogen-bond donors (Lipinski definition) is 1. The average molecular weight is 354 g/mol. The summed E-state index contributed by atoms with van der Waals surface area (Å²) in [6.45, 7) is 3.54. The van der Waals surface area contributed by atoms with E-state index < -0.39 is 11.8 Å².